The summed E-state index contributed by atoms with van der Waals surface area (Å²) in [7, 11) is 0. The number of nitrogens with one attached hydrogen (secondary N) is 3. The molecule has 0 spiro atoms. The van der Waals surface area contributed by atoms with Crippen molar-refractivity contribution in [2.24, 2.45) is 0 Å². The van der Waals surface area contributed by atoms with Crippen molar-refractivity contribution in [3.63, 3.8) is 0 Å². The van der Waals surface area contributed by atoms with Crippen molar-refractivity contribution in [2.75, 3.05) is 13.1 Å². The van der Waals surface area contributed by atoms with E-state index in [4.69, 9.17) is 0 Å². The van der Waals surface area contributed by atoms with Crippen molar-refractivity contribution in [3.05, 3.63) is 0 Å². The summed E-state index contributed by atoms with van der Waals surface area (Å²) in [6.45, 7) is 9.13. The molecule has 0 aliphatic carbocycles. The number of rotatable bonds is 5. The Balaban J connectivity index is 0.00000361. The van der Waals surface area contributed by atoms with Gasteiger partial charge in [0, 0.05) is 18.5 Å². The minimum atomic E-state index is -0.416. The summed E-state index contributed by atoms with van der Waals surface area (Å²) < 4.78 is 0. The lowest BCUT2D eigenvalue weighted by Gasteiger charge is -2.27. The minimum Gasteiger partial charge on any atom is -0.354 e. The van der Waals surface area contributed by atoms with Gasteiger partial charge in [-0.1, -0.05) is 6.92 Å². The van der Waals surface area contributed by atoms with Crippen LogP contribution in [0.15, 0.2) is 0 Å². The summed E-state index contributed by atoms with van der Waals surface area (Å²) in [6.07, 6.45) is 3.02. The molecule has 0 bridgehead atoms. The van der Waals surface area contributed by atoms with Crippen LogP contribution in [0.1, 0.15) is 53.4 Å². The predicted molar refractivity (Wildman–Crippen MR) is 83.0 cm³/mol. The summed E-state index contributed by atoms with van der Waals surface area (Å²) in [6, 6.07) is 0. The molecule has 20 heavy (non-hydrogen) atoms. The first-order valence-electron chi connectivity index (χ1n) is 7.13. The summed E-state index contributed by atoms with van der Waals surface area (Å²) in [5.41, 5.74) is -0.640. The van der Waals surface area contributed by atoms with E-state index in [1.54, 1.807) is 0 Å². The SMILES string of the molecule is CCC1(C(=O)NCCC(=O)NC(C)(C)C)CCCN1.Cl. The Bertz CT molecular complexity index is 334. The molecule has 1 rings (SSSR count). The molecule has 1 unspecified atom stereocenters. The Morgan fingerprint density at radius 2 is 1.95 bits per heavy atom. The third-order valence-electron chi connectivity index (χ3n) is 3.43. The molecule has 5 nitrogen and oxygen atoms in total. The van der Waals surface area contributed by atoms with Crippen molar-refractivity contribution < 1.29 is 9.59 Å². The van der Waals surface area contributed by atoms with Crippen LogP contribution in [0.4, 0.5) is 0 Å². The second kappa shape index (κ2) is 7.84. The van der Waals surface area contributed by atoms with Gasteiger partial charge in [-0.25, -0.2) is 0 Å². The molecule has 1 heterocycles. The Hall–Kier alpha value is -0.810. The van der Waals surface area contributed by atoms with Gasteiger partial charge in [0.2, 0.25) is 11.8 Å². The van der Waals surface area contributed by atoms with Crippen molar-refractivity contribution in [2.45, 2.75) is 64.5 Å². The van der Waals surface area contributed by atoms with Crippen LogP contribution >= 0.6 is 12.4 Å². The van der Waals surface area contributed by atoms with E-state index in [-0.39, 0.29) is 29.8 Å². The Labute approximate surface area is 128 Å². The molecule has 2 amide bonds. The van der Waals surface area contributed by atoms with Crippen LogP contribution in [0, 0.1) is 0 Å². The van der Waals surface area contributed by atoms with E-state index in [0.717, 1.165) is 25.8 Å². The molecule has 0 aromatic carbocycles. The first-order chi connectivity index (χ1) is 8.79. The Morgan fingerprint density at radius 1 is 1.30 bits per heavy atom. The van der Waals surface area contributed by atoms with Crippen LogP contribution in [0.25, 0.3) is 0 Å². The normalized spacial score (nSPS) is 22.0. The van der Waals surface area contributed by atoms with Crippen LogP contribution < -0.4 is 16.0 Å². The molecule has 1 atom stereocenters. The van der Waals surface area contributed by atoms with Gasteiger partial charge in [0.15, 0.2) is 0 Å². The fraction of sp³-hybridized carbons (Fsp3) is 0.857. The van der Waals surface area contributed by atoms with Crippen LogP contribution in [-0.2, 0) is 9.59 Å². The van der Waals surface area contributed by atoms with E-state index in [1.165, 1.54) is 0 Å². The van der Waals surface area contributed by atoms with Crippen LogP contribution in [-0.4, -0.2) is 36.0 Å². The van der Waals surface area contributed by atoms with Crippen molar-refractivity contribution in [1.29, 1.82) is 0 Å². The number of hydrogen-bond donors (Lipinski definition) is 3. The average molecular weight is 306 g/mol. The fourth-order valence-corrected chi connectivity index (χ4v) is 2.40. The third-order valence-corrected chi connectivity index (χ3v) is 3.43. The lowest BCUT2D eigenvalue weighted by Crippen LogP contribution is -2.53. The molecule has 0 radical (unpaired) electrons. The van der Waals surface area contributed by atoms with Crippen LogP contribution in [0.5, 0.6) is 0 Å². The molecule has 1 saturated heterocycles. The zero-order valence-electron chi connectivity index (χ0n) is 13.0. The molecule has 1 fully saturated rings. The third kappa shape index (κ3) is 5.67. The zero-order valence-corrected chi connectivity index (χ0v) is 13.8. The number of carbonyl (C=O) groups is 2. The van der Waals surface area contributed by atoms with Gasteiger partial charge in [-0.2, -0.15) is 0 Å². The maximum atomic E-state index is 12.2. The van der Waals surface area contributed by atoms with Crippen molar-refractivity contribution >= 4 is 24.2 Å². The maximum Gasteiger partial charge on any atom is 0.240 e. The first kappa shape index (κ1) is 19.2. The first-order valence-corrected chi connectivity index (χ1v) is 7.13. The molecule has 6 heteroatoms. The molecular formula is C14H28ClN3O2. The zero-order chi connectivity index (χ0) is 14.5. The second-order valence-electron chi connectivity index (χ2n) is 6.27. The van der Waals surface area contributed by atoms with E-state index >= 15 is 0 Å². The molecule has 1 aliphatic heterocycles. The summed E-state index contributed by atoms with van der Waals surface area (Å²) in [5, 5.41) is 9.03. The summed E-state index contributed by atoms with van der Waals surface area (Å²) in [4.78, 5) is 23.8. The van der Waals surface area contributed by atoms with E-state index in [9.17, 15) is 9.59 Å². The van der Waals surface area contributed by atoms with Gasteiger partial charge in [-0.3, -0.25) is 9.59 Å². The van der Waals surface area contributed by atoms with E-state index in [2.05, 4.69) is 16.0 Å². The van der Waals surface area contributed by atoms with Gasteiger partial charge >= 0.3 is 0 Å². The monoisotopic (exact) mass is 305 g/mol. The standard InChI is InChI=1S/C14H27N3O2.ClH/c1-5-14(8-6-9-16-14)12(19)15-10-7-11(18)17-13(2,3)4;/h16H,5-10H2,1-4H3,(H,15,19)(H,17,18);1H. The van der Waals surface area contributed by atoms with E-state index in [0.29, 0.717) is 13.0 Å². The summed E-state index contributed by atoms with van der Waals surface area (Å²) >= 11 is 0. The number of carbonyl (C=O) groups excluding carboxylic acids is 2. The maximum absolute atomic E-state index is 12.2. The molecule has 0 aromatic heterocycles. The van der Waals surface area contributed by atoms with Gasteiger partial charge in [-0.15, -0.1) is 12.4 Å². The minimum absolute atomic E-state index is 0. The summed E-state index contributed by atoms with van der Waals surface area (Å²) in [5.74, 6) is -0.00575. The highest BCUT2D eigenvalue weighted by atomic mass is 35.5. The van der Waals surface area contributed by atoms with Gasteiger partial charge in [0.25, 0.3) is 0 Å². The van der Waals surface area contributed by atoms with Gasteiger partial charge in [-0.05, 0) is 46.6 Å². The van der Waals surface area contributed by atoms with E-state index < -0.39 is 5.54 Å². The number of amides is 2. The molecule has 3 N–H and O–H groups in total. The smallest absolute Gasteiger partial charge is 0.240 e. The van der Waals surface area contributed by atoms with Crippen LogP contribution in [0.2, 0.25) is 0 Å². The fourth-order valence-electron chi connectivity index (χ4n) is 2.40. The van der Waals surface area contributed by atoms with Crippen molar-refractivity contribution in [3.8, 4) is 0 Å². The van der Waals surface area contributed by atoms with Crippen LogP contribution in [0.3, 0.4) is 0 Å². The lowest BCUT2D eigenvalue weighted by molar-refractivity contribution is -0.127. The predicted octanol–water partition coefficient (Wildman–Crippen LogP) is 1.36. The van der Waals surface area contributed by atoms with Gasteiger partial charge in [0.05, 0.1) is 5.54 Å². The highest BCUT2D eigenvalue weighted by Gasteiger charge is 2.38. The van der Waals surface area contributed by atoms with Gasteiger partial charge < -0.3 is 16.0 Å². The lowest BCUT2D eigenvalue weighted by atomic mass is 9.93. The van der Waals surface area contributed by atoms with E-state index in [1.807, 2.05) is 27.7 Å². The number of hydrogen-bond acceptors (Lipinski definition) is 3. The van der Waals surface area contributed by atoms with Gasteiger partial charge in [0.1, 0.15) is 0 Å². The highest BCUT2D eigenvalue weighted by Crippen LogP contribution is 2.22. The molecule has 0 saturated carbocycles. The quantitative estimate of drug-likeness (QED) is 0.718. The Morgan fingerprint density at radius 3 is 2.40 bits per heavy atom. The molecule has 0 aromatic rings. The largest absolute Gasteiger partial charge is 0.354 e. The molecule has 118 valence electrons. The van der Waals surface area contributed by atoms with Crippen molar-refractivity contribution in [1.82, 2.24) is 16.0 Å². The second-order valence-corrected chi connectivity index (χ2v) is 6.27. The highest BCUT2D eigenvalue weighted by molar-refractivity contribution is 5.87. The molecule has 1 aliphatic rings. The Kier molecular flexibility index (Phi) is 7.52. The average Bonchev–Trinajstić information content (AvgIpc) is 2.76. The topological polar surface area (TPSA) is 70.2 Å². The number of halogens is 1. The molecular weight excluding hydrogens is 278 g/mol.